The van der Waals surface area contributed by atoms with Crippen LogP contribution in [0.4, 0.5) is 5.82 Å². The van der Waals surface area contributed by atoms with Gasteiger partial charge in [0.05, 0.1) is 13.0 Å². The molecule has 1 heterocycles. The lowest BCUT2D eigenvalue weighted by molar-refractivity contribution is -0.142. The van der Waals surface area contributed by atoms with Crippen LogP contribution in [0, 0.1) is 0 Å². The van der Waals surface area contributed by atoms with Crippen LogP contribution < -0.4 is 5.73 Å². The van der Waals surface area contributed by atoms with Crippen molar-refractivity contribution >= 4 is 23.5 Å². The van der Waals surface area contributed by atoms with E-state index in [-0.39, 0.29) is 5.97 Å². The Balaban J connectivity index is 2.26. The van der Waals surface area contributed by atoms with Gasteiger partial charge in [0.2, 0.25) is 0 Å². The summed E-state index contributed by atoms with van der Waals surface area (Å²) in [5, 5.41) is 0. The van der Waals surface area contributed by atoms with Gasteiger partial charge in [0.15, 0.2) is 0 Å². The summed E-state index contributed by atoms with van der Waals surface area (Å²) in [7, 11) is 0. The van der Waals surface area contributed by atoms with E-state index in [4.69, 9.17) is 10.5 Å². The topological polar surface area (TPSA) is 65.2 Å². The molecule has 2 N–H and O–H groups in total. The zero-order valence-electron chi connectivity index (χ0n) is 8.60. The molecule has 0 spiro atoms. The smallest absolute Gasteiger partial charge is 0.306 e. The average Bonchev–Trinajstić information content (AvgIpc) is 2.21. The van der Waals surface area contributed by atoms with Crippen molar-refractivity contribution in [3.63, 3.8) is 0 Å². The monoisotopic (exact) mass is 226 g/mol. The molecule has 1 aromatic heterocycles. The lowest BCUT2D eigenvalue weighted by Gasteiger charge is -2.02. The predicted octanol–water partition coefficient (Wildman–Crippen LogP) is 1.71. The molecular weight excluding hydrogens is 212 g/mol. The van der Waals surface area contributed by atoms with Gasteiger partial charge in [-0.2, -0.15) is 0 Å². The van der Waals surface area contributed by atoms with Gasteiger partial charge in [-0.25, -0.2) is 4.98 Å². The predicted molar refractivity (Wildman–Crippen MR) is 60.6 cm³/mol. The quantitative estimate of drug-likeness (QED) is 0.611. The van der Waals surface area contributed by atoms with Crippen LogP contribution in [0.5, 0.6) is 0 Å². The molecule has 0 unspecified atom stereocenters. The number of thioether (sulfide) groups is 1. The highest BCUT2D eigenvalue weighted by atomic mass is 32.2. The van der Waals surface area contributed by atoms with Crippen molar-refractivity contribution < 1.29 is 9.53 Å². The molecule has 0 amide bonds. The van der Waals surface area contributed by atoms with Gasteiger partial charge in [0.25, 0.3) is 0 Å². The molecule has 0 bridgehead atoms. The molecule has 0 aliphatic rings. The minimum Gasteiger partial charge on any atom is -0.466 e. The van der Waals surface area contributed by atoms with Gasteiger partial charge in [0, 0.05) is 16.8 Å². The molecule has 0 radical (unpaired) electrons. The zero-order chi connectivity index (χ0) is 11.1. The molecular formula is C10H14N2O2S. The summed E-state index contributed by atoms with van der Waals surface area (Å²) in [6, 6.07) is 3.63. The molecule has 0 saturated heterocycles. The van der Waals surface area contributed by atoms with Crippen LogP contribution in [0.1, 0.15) is 13.3 Å². The Labute approximate surface area is 93.2 Å². The Bertz CT molecular complexity index is 314. The van der Waals surface area contributed by atoms with Gasteiger partial charge in [0.1, 0.15) is 5.82 Å². The number of anilines is 1. The normalized spacial score (nSPS) is 9.93. The number of nitrogens with two attached hydrogens (primary N) is 1. The van der Waals surface area contributed by atoms with Gasteiger partial charge in [-0.15, -0.1) is 11.8 Å². The maximum Gasteiger partial charge on any atom is 0.306 e. The standard InChI is InChI=1S/C10H14N2O2S/c1-2-14-10(13)5-6-15-8-3-4-9(11)12-7-8/h3-4,7H,2,5-6H2,1H3,(H2,11,12). The number of nitrogens with zero attached hydrogens (tertiary/aromatic N) is 1. The molecule has 5 heteroatoms. The third kappa shape index (κ3) is 4.69. The number of aromatic nitrogens is 1. The lowest BCUT2D eigenvalue weighted by Crippen LogP contribution is -2.04. The van der Waals surface area contributed by atoms with E-state index in [0.29, 0.717) is 24.6 Å². The summed E-state index contributed by atoms with van der Waals surface area (Å²) in [5.41, 5.74) is 5.45. The summed E-state index contributed by atoms with van der Waals surface area (Å²) >= 11 is 1.56. The minimum atomic E-state index is -0.159. The number of esters is 1. The van der Waals surface area contributed by atoms with Crippen LogP contribution in [-0.2, 0) is 9.53 Å². The molecule has 1 aromatic rings. The first-order valence-corrected chi connectivity index (χ1v) is 5.71. The van der Waals surface area contributed by atoms with E-state index >= 15 is 0 Å². The Kier molecular flexibility index (Phi) is 4.97. The number of hydrogen-bond donors (Lipinski definition) is 1. The van der Waals surface area contributed by atoms with Crippen LogP contribution >= 0.6 is 11.8 Å². The largest absolute Gasteiger partial charge is 0.466 e. The van der Waals surface area contributed by atoms with Gasteiger partial charge < -0.3 is 10.5 Å². The van der Waals surface area contributed by atoms with Gasteiger partial charge in [-0.05, 0) is 19.1 Å². The molecule has 15 heavy (non-hydrogen) atoms. The Morgan fingerprint density at radius 2 is 2.40 bits per heavy atom. The van der Waals surface area contributed by atoms with Crippen molar-refractivity contribution in [2.24, 2.45) is 0 Å². The summed E-state index contributed by atoms with van der Waals surface area (Å²) in [5.74, 6) is 1.04. The third-order valence-electron chi connectivity index (χ3n) is 1.64. The van der Waals surface area contributed by atoms with Crippen LogP contribution in [0.25, 0.3) is 0 Å². The van der Waals surface area contributed by atoms with Crippen molar-refractivity contribution in [1.29, 1.82) is 0 Å². The van der Waals surface area contributed by atoms with E-state index in [1.165, 1.54) is 0 Å². The molecule has 0 atom stereocenters. The number of ether oxygens (including phenoxy) is 1. The average molecular weight is 226 g/mol. The second-order valence-corrected chi connectivity index (χ2v) is 3.99. The van der Waals surface area contributed by atoms with E-state index in [1.54, 1.807) is 30.9 Å². The van der Waals surface area contributed by atoms with Gasteiger partial charge in [-0.1, -0.05) is 0 Å². The highest BCUT2D eigenvalue weighted by Crippen LogP contribution is 2.18. The lowest BCUT2D eigenvalue weighted by atomic mass is 10.5. The van der Waals surface area contributed by atoms with Crippen LogP contribution in [0.15, 0.2) is 23.2 Å². The number of pyridine rings is 1. The second kappa shape index (κ2) is 6.29. The summed E-state index contributed by atoms with van der Waals surface area (Å²) < 4.78 is 4.81. The fourth-order valence-electron chi connectivity index (χ4n) is 0.962. The van der Waals surface area contributed by atoms with E-state index in [1.807, 2.05) is 6.07 Å². The van der Waals surface area contributed by atoms with Crippen LogP contribution in [-0.4, -0.2) is 23.3 Å². The highest BCUT2D eigenvalue weighted by molar-refractivity contribution is 7.99. The number of hydrogen-bond acceptors (Lipinski definition) is 5. The molecule has 0 saturated carbocycles. The Morgan fingerprint density at radius 3 is 3.00 bits per heavy atom. The first-order chi connectivity index (χ1) is 7.22. The minimum absolute atomic E-state index is 0.159. The number of carbonyl (C=O) groups excluding carboxylic acids is 1. The van der Waals surface area contributed by atoms with Crippen molar-refractivity contribution in [2.75, 3.05) is 18.1 Å². The second-order valence-electron chi connectivity index (χ2n) is 2.82. The third-order valence-corrected chi connectivity index (χ3v) is 2.62. The molecule has 1 rings (SSSR count). The summed E-state index contributed by atoms with van der Waals surface area (Å²) in [6.45, 7) is 2.24. The van der Waals surface area contributed by atoms with Crippen LogP contribution in [0.2, 0.25) is 0 Å². The first kappa shape index (κ1) is 11.8. The zero-order valence-corrected chi connectivity index (χ0v) is 9.42. The summed E-state index contributed by atoms with van der Waals surface area (Å²) in [6.07, 6.45) is 2.12. The Morgan fingerprint density at radius 1 is 1.60 bits per heavy atom. The molecule has 82 valence electrons. The maximum atomic E-state index is 11.0. The summed E-state index contributed by atoms with van der Waals surface area (Å²) in [4.78, 5) is 16.0. The molecule has 0 aliphatic heterocycles. The fraction of sp³-hybridized carbons (Fsp3) is 0.400. The highest BCUT2D eigenvalue weighted by Gasteiger charge is 2.02. The van der Waals surface area contributed by atoms with Crippen molar-refractivity contribution in [2.45, 2.75) is 18.2 Å². The van der Waals surface area contributed by atoms with E-state index in [0.717, 1.165) is 4.90 Å². The first-order valence-electron chi connectivity index (χ1n) is 4.72. The molecule has 0 aromatic carbocycles. The fourth-order valence-corrected chi connectivity index (χ4v) is 1.76. The van der Waals surface area contributed by atoms with Crippen molar-refractivity contribution in [3.05, 3.63) is 18.3 Å². The molecule has 0 aliphatic carbocycles. The number of carbonyl (C=O) groups is 1. The molecule has 4 nitrogen and oxygen atoms in total. The maximum absolute atomic E-state index is 11.0. The van der Waals surface area contributed by atoms with E-state index in [9.17, 15) is 4.79 Å². The van der Waals surface area contributed by atoms with Gasteiger partial charge in [-0.3, -0.25) is 4.79 Å². The van der Waals surface area contributed by atoms with Crippen LogP contribution in [0.3, 0.4) is 0 Å². The number of nitrogen functional groups attached to an aromatic ring is 1. The van der Waals surface area contributed by atoms with E-state index in [2.05, 4.69) is 4.98 Å². The van der Waals surface area contributed by atoms with Crippen molar-refractivity contribution in [1.82, 2.24) is 4.98 Å². The van der Waals surface area contributed by atoms with Crippen molar-refractivity contribution in [3.8, 4) is 0 Å². The Hall–Kier alpha value is -1.23. The number of rotatable bonds is 5. The SMILES string of the molecule is CCOC(=O)CCSc1ccc(N)nc1. The van der Waals surface area contributed by atoms with E-state index < -0.39 is 0 Å². The van der Waals surface area contributed by atoms with Gasteiger partial charge >= 0.3 is 5.97 Å². The molecule has 0 fully saturated rings.